The van der Waals surface area contributed by atoms with Crippen molar-refractivity contribution in [2.45, 2.75) is 137 Å². The second-order valence-electron chi connectivity index (χ2n) is 14.6. The molecule has 4 rings (SSSR count). The van der Waals surface area contributed by atoms with Crippen LogP contribution in [0.3, 0.4) is 0 Å². The molecule has 0 aromatic rings. The summed E-state index contributed by atoms with van der Waals surface area (Å²) in [4.78, 5) is 0. The predicted octanol–water partition coefficient (Wildman–Crippen LogP) is 6.59. The van der Waals surface area contributed by atoms with Gasteiger partial charge < -0.3 is 15.3 Å². The molecule has 2 fully saturated rings. The Kier molecular flexibility index (Phi) is 6.48. The highest BCUT2D eigenvalue weighted by Crippen LogP contribution is 2.72. The van der Waals surface area contributed by atoms with Crippen LogP contribution in [0.25, 0.3) is 0 Å². The molecule has 0 saturated heterocycles. The van der Waals surface area contributed by atoms with Gasteiger partial charge in [-0.05, 0) is 111 Å². The number of halogens is 1. The van der Waals surface area contributed by atoms with Gasteiger partial charge in [0.2, 0.25) is 0 Å². The molecular weight excluding hydrogens is 427 g/mol. The van der Waals surface area contributed by atoms with Gasteiger partial charge in [-0.25, -0.2) is 4.39 Å². The van der Waals surface area contributed by atoms with Crippen molar-refractivity contribution in [3.05, 3.63) is 11.1 Å². The molecule has 34 heavy (non-hydrogen) atoms. The number of aliphatic hydroxyl groups is 3. The maximum atomic E-state index is 15.2. The molecule has 4 aliphatic carbocycles. The smallest absolute Gasteiger partial charge is 0.127 e. The van der Waals surface area contributed by atoms with Crippen LogP contribution >= 0.6 is 0 Å². The van der Waals surface area contributed by atoms with Gasteiger partial charge in [0.15, 0.2) is 0 Å². The number of rotatable bonds is 5. The number of allylic oxidation sites excluding steroid dienone is 2. The molecule has 3 unspecified atom stereocenters. The molecule has 0 aromatic heterocycles. The van der Waals surface area contributed by atoms with Crippen molar-refractivity contribution in [3.63, 3.8) is 0 Å². The topological polar surface area (TPSA) is 60.7 Å². The minimum absolute atomic E-state index is 0.0927. The largest absolute Gasteiger partial charge is 0.393 e. The molecule has 0 bridgehead atoms. The molecule has 0 amide bonds. The van der Waals surface area contributed by atoms with Crippen molar-refractivity contribution in [1.29, 1.82) is 0 Å². The van der Waals surface area contributed by atoms with E-state index in [-0.39, 0.29) is 22.2 Å². The number of hydrogen-bond acceptors (Lipinski definition) is 3. The van der Waals surface area contributed by atoms with Crippen LogP contribution in [0.5, 0.6) is 0 Å². The first-order valence-corrected chi connectivity index (χ1v) is 13.9. The minimum atomic E-state index is -1.16. The highest BCUT2D eigenvalue weighted by Gasteiger charge is 2.64. The molecule has 3 nitrogen and oxygen atoms in total. The third kappa shape index (κ3) is 3.76. The van der Waals surface area contributed by atoms with Crippen molar-refractivity contribution < 1.29 is 19.7 Å². The zero-order valence-electron chi connectivity index (χ0n) is 23.0. The van der Waals surface area contributed by atoms with E-state index in [0.29, 0.717) is 31.1 Å². The summed E-state index contributed by atoms with van der Waals surface area (Å²) in [5.74, 6) is 0.961. The first kappa shape index (κ1) is 26.6. The number of aliphatic hydroxyl groups excluding tert-OH is 2. The molecule has 3 N–H and O–H groups in total. The Hall–Kier alpha value is -0.450. The van der Waals surface area contributed by atoms with Crippen LogP contribution in [-0.2, 0) is 0 Å². The second-order valence-corrected chi connectivity index (χ2v) is 14.6. The molecule has 0 heterocycles. The molecule has 0 spiro atoms. The number of fused-ring (bicyclic) bond motifs is 4. The van der Waals surface area contributed by atoms with Crippen LogP contribution in [0.4, 0.5) is 4.39 Å². The second kappa shape index (κ2) is 8.28. The van der Waals surface area contributed by atoms with E-state index in [2.05, 4.69) is 41.5 Å². The quantitative estimate of drug-likeness (QED) is 0.391. The molecule has 0 aliphatic heterocycles. The molecule has 2 saturated carbocycles. The van der Waals surface area contributed by atoms with Crippen LogP contribution < -0.4 is 0 Å². The van der Waals surface area contributed by atoms with Gasteiger partial charge >= 0.3 is 0 Å². The first-order valence-electron chi connectivity index (χ1n) is 13.9. The standard InChI is InChI=1S/C30H51FO3/c1-18(23(32)13-14-26(2,3)34)19-11-15-30(8)21-9-10-24-27(4,5)25(33)22(31)17-28(24,6)20(21)12-16-29(19,30)7/h18-19,22-25,32-34H,9-17H2,1-8H3/t18-,19?,22+,23?,24?,25+,28+,29+,30-/m0/s1. The lowest BCUT2D eigenvalue weighted by Gasteiger charge is -2.62. The summed E-state index contributed by atoms with van der Waals surface area (Å²) < 4.78 is 15.2. The molecule has 9 atom stereocenters. The normalized spacial score (nSPS) is 45.9. The number of hydrogen-bond donors (Lipinski definition) is 3. The molecule has 4 aliphatic rings. The van der Waals surface area contributed by atoms with E-state index in [1.165, 1.54) is 5.57 Å². The number of alkyl halides is 1. The summed E-state index contributed by atoms with van der Waals surface area (Å²) in [6, 6.07) is 0. The van der Waals surface area contributed by atoms with Crippen molar-refractivity contribution in [2.75, 3.05) is 0 Å². The fourth-order valence-electron chi connectivity index (χ4n) is 9.68. The maximum Gasteiger partial charge on any atom is 0.127 e. The Morgan fingerprint density at radius 1 is 1.03 bits per heavy atom. The zero-order valence-corrected chi connectivity index (χ0v) is 23.0. The van der Waals surface area contributed by atoms with E-state index in [1.807, 2.05) is 13.8 Å². The third-order valence-electron chi connectivity index (χ3n) is 12.0. The Bertz CT molecular complexity index is 827. The fraction of sp³-hybridized carbons (Fsp3) is 0.933. The van der Waals surface area contributed by atoms with Gasteiger partial charge in [-0.1, -0.05) is 52.7 Å². The SMILES string of the molecule is C[C@H](C(O)CCC(C)(C)O)C1CC[C@@]2(C)C3=C(CC[C@]12C)[C@@]1(C)C[C@@H](F)[C@@H](O)C(C)(C)C1CC3. The molecule has 0 radical (unpaired) electrons. The van der Waals surface area contributed by atoms with Crippen LogP contribution in [-0.4, -0.2) is 39.3 Å². The van der Waals surface area contributed by atoms with Crippen LogP contribution in [0, 0.1) is 39.4 Å². The average molecular weight is 479 g/mol. The van der Waals surface area contributed by atoms with Crippen molar-refractivity contribution >= 4 is 0 Å². The minimum Gasteiger partial charge on any atom is -0.393 e. The van der Waals surface area contributed by atoms with Crippen LogP contribution in [0.15, 0.2) is 11.1 Å². The first-order chi connectivity index (χ1) is 15.5. The van der Waals surface area contributed by atoms with Crippen LogP contribution in [0.2, 0.25) is 0 Å². The van der Waals surface area contributed by atoms with E-state index in [9.17, 15) is 15.3 Å². The third-order valence-corrected chi connectivity index (χ3v) is 12.0. The van der Waals surface area contributed by atoms with E-state index < -0.39 is 29.4 Å². The Balaban J connectivity index is 1.65. The highest BCUT2D eigenvalue weighted by atomic mass is 19.1. The van der Waals surface area contributed by atoms with Gasteiger partial charge in [0.1, 0.15) is 6.17 Å². The predicted molar refractivity (Wildman–Crippen MR) is 136 cm³/mol. The summed E-state index contributed by atoms with van der Waals surface area (Å²) in [5, 5.41) is 31.9. The monoisotopic (exact) mass is 478 g/mol. The van der Waals surface area contributed by atoms with Gasteiger partial charge in [0.25, 0.3) is 0 Å². The lowest BCUT2D eigenvalue weighted by molar-refractivity contribution is -0.136. The van der Waals surface area contributed by atoms with Crippen molar-refractivity contribution in [2.24, 2.45) is 39.4 Å². The summed E-state index contributed by atoms with van der Waals surface area (Å²) in [5.41, 5.74) is 2.00. The highest BCUT2D eigenvalue weighted by molar-refractivity contribution is 5.39. The maximum absolute atomic E-state index is 15.2. The van der Waals surface area contributed by atoms with E-state index in [0.717, 1.165) is 38.5 Å². The van der Waals surface area contributed by atoms with E-state index in [1.54, 1.807) is 5.57 Å². The van der Waals surface area contributed by atoms with Gasteiger partial charge in [0.05, 0.1) is 17.8 Å². The Morgan fingerprint density at radius 2 is 1.68 bits per heavy atom. The summed E-state index contributed by atoms with van der Waals surface area (Å²) in [6.45, 7) is 17.2. The Labute approximate surface area is 207 Å². The summed E-state index contributed by atoms with van der Waals surface area (Å²) in [6.07, 6.45) is 5.75. The fourth-order valence-corrected chi connectivity index (χ4v) is 9.68. The van der Waals surface area contributed by atoms with Gasteiger partial charge in [-0.15, -0.1) is 0 Å². The van der Waals surface area contributed by atoms with Gasteiger partial charge in [0, 0.05) is 0 Å². The van der Waals surface area contributed by atoms with Crippen LogP contribution in [0.1, 0.15) is 113 Å². The Morgan fingerprint density at radius 3 is 2.29 bits per heavy atom. The van der Waals surface area contributed by atoms with Gasteiger partial charge in [-0.2, -0.15) is 0 Å². The zero-order chi connectivity index (χ0) is 25.5. The lowest BCUT2D eigenvalue weighted by atomic mass is 9.43. The van der Waals surface area contributed by atoms with Crippen molar-refractivity contribution in [1.82, 2.24) is 0 Å². The summed E-state index contributed by atoms with van der Waals surface area (Å²) in [7, 11) is 0. The van der Waals surface area contributed by atoms with E-state index in [4.69, 9.17) is 0 Å². The van der Waals surface area contributed by atoms with Crippen molar-refractivity contribution in [3.8, 4) is 0 Å². The molecule has 0 aromatic carbocycles. The summed E-state index contributed by atoms with van der Waals surface area (Å²) >= 11 is 0. The molecule has 196 valence electrons. The van der Waals surface area contributed by atoms with Gasteiger partial charge in [-0.3, -0.25) is 0 Å². The lowest BCUT2D eigenvalue weighted by Crippen LogP contribution is -2.58. The van der Waals surface area contributed by atoms with E-state index >= 15 is 4.39 Å². The average Bonchev–Trinajstić information content (AvgIpc) is 3.00. The molecular formula is C30H51FO3. The molecule has 4 heteroatoms.